The number of carbonyl (C=O) groups is 2. The molecule has 0 spiro atoms. The van der Waals surface area contributed by atoms with Crippen LogP contribution in [-0.2, 0) is 9.59 Å². The fourth-order valence-corrected chi connectivity index (χ4v) is 1.78. The van der Waals surface area contributed by atoms with Crippen LogP contribution in [0, 0.1) is 5.92 Å². The van der Waals surface area contributed by atoms with E-state index in [9.17, 15) is 14.7 Å². The average molecular weight is 313 g/mol. The van der Waals surface area contributed by atoms with Gasteiger partial charge in [-0.25, -0.2) is 0 Å². The van der Waals surface area contributed by atoms with Gasteiger partial charge in [0, 0.05) is 5.02 Å². The van der Waals surface area contributed by atoms with Gasteiger partial charge in [0.2, 0.25) is 0 Å². The Kier molecular flexibility index (Phi) is 5.61. The molecular weight excluding hydrogens is 294 g/mol. The minimum Gasteiger partial charge on any atom is -0.548 e. The van der Waals surface area contributed by atoms with E-state index in [0.717, 1.165) is 0 Å². The molecule has 1 unspecified atom stereocenters. The van der Waals surface area contributed by atoms with E-state index in [1.165, 1.54) is 0 Å². The zero-order chi connectivity index (χ0) is 16.2. The van der Waals surface area contributed by atoms with Gasteiger partial charge < -0.3 is 20.0 Å². The maximum absolute atomic E-state index is 12.2. The molecule has 0 bridgehead atoms. The number of carbonyl (C=O) groups excluding carboxylic acids is 2. The molecule has 1 amide bonds. The molecule has 0 aliphatic rings. The van der Waals surface area contributed by atoms with Crippen LogP contribution in [0.1, 0.15) is 27.7 Å². The SMILES string of the molecule is CC(C)C(NC(=O)C(C)(C)Oc1ccc(Cl)cc1)C(=O)[O-]. The Hall–Kier alpha value is -1.75. The number of hydrogen-bond acceptors (Lipinski definition) is 4. The topological polar surface area (TPSA) is 78.5 Å². The second kappa shape index (κ2) is 6.80. The first-order chi connectivity index (χ1) is 9.63. The molecule has 21 heavy (non-hydrogen) atoms. The van der Waals surface area contributed by atoms with Crippen molar-refractivity contribution in [3.05, 3.63) is 29.3 Å². The van der Waals surface area contributed by atoms with Gasteiger partial charge in [0.15, 0.2) is 5.60 Å². The molecule has 1 aromatic carbocycles. The van der Waals surface area contributed by atoms with Gasteiger partial charge >= 0.3 is 0 Å². The highest BCUT2D eigenvalue weighted by molar-refractivity contribution is 6.30. The van der Waals surface area contributed by atoms with Crippen LogP contribution in [0.2, 0.25) is 5.02 Å². The Morgan fingerprint density at radius 3 is 2.19 bits per heavy atom. The number of nitrogens with one attached hydrogen (secondary N) is 1. The highest BCUT2D eigenvalue weighted by Crippen LogP contribution is 2.21. The van der Waals surface area contributed by atoms with Crippen LogP contribution in [0.3, 0.4) is 0 Å². The fraction of sp³-hybridized carbons (Fsp3) is 0.467. The lowest BCUT2D eigenvalue weighted by molar-refractivity contribution is -0.309. The molecule has 0 saturated carbocycles. The Labute approximate surface area is 129 Å². The number of benzene rings is 1. The molecule has 0 aliphatic carbocycles. The Bertz CT molecular complexity index is 511. The number of ether oxygens (including phenoxy) is 1. The van der Waals surface area contributed by atoms with Gasteiger partial charge in [0.1, 0.15) is 5.75 Å². The van der Waals surface area contributed by atoms with Gasteiger partial charge in [0.05, 0.1) is 12.0 Å². The molecule has 0 heterocycles. The molecule has 1 N–H and O–H groups in total. The lowest BCUT2D eigenvalue weighted by Gasteiger charge is -2.30. The van der Waals surface area contributed by atoms with E-state index in [4.69, 9.17) is 16.3 Å². The van der Waals surface area contributed by atoms with Gasteiger partial charge in [-0.2, -0.15) is 0 Å². The van der Waals surface area contributed by atoms with Crippen LogP contribution < -0.4 is 15.2 Å². The van der Waals surface area contributed by atoms with Gasteiger partial charge in [-0.15, -0.1) is 0 Å². The molecule has 0 fully saturated rings. The summed E-state index contributed by atoms with van der Waals surface area (Å²) in [7, 11) is 0. The van der Waals surface area contributed by atoms with Crippen LogP contribution >= 0.6 is 11.6 Å². The zero-order valence-electron chi connectivity index (χ0n) is 12.5. The van der Waals surface area contributed by atoms with Crippen molar-refractivity contribution in [3.63, 3.8) is 0 Å². The minimum absolute atomic E-state index is 0.287. The van der Waals surface area contributed by atoms with Gasteiger partial charge in [-0.05, 0) is 44.0 Å². The van der Waals surface area contributed by atoms with E-state index in [-0.39, 0.29) is 5.92 Å². The van der Waals surface area contributed by atoms with Gasteiger partial charge in [0.25, 0.3) is 5.91 Å². The quantitative estimate of drug-likeness (QED) is 0.861. The second-order valence-electron chi connectivity index (χ2n) is 5.58. The third-order valence-corrected chi connectivity index (χ3v) is 3.19. The normalized spacial score (nSPS) is 12.9. The standard InChI is InChI=1S/C15H20ClNO4/c1-9(2)12(13(18)19)17-14(20)15(3,4)21-11-7-5-10(16)6-8-11/h5-9,12H,1-4H3,(H,17,20)(H,18,19)/p-1. The van der Waals surface area contributed by atoms with E-state index >= 15 is 0 Å². The number of hydrogen-bond donors (Lipinski definition) is 1. The monoisotopic (exact) mass is 312 g/mol. The van der Waals surface area contributed by atoms with E-state index in [2.05, 4.69) is 5.32 Å². The van der Waals surface area contributed by atoms with Crippen LogP contribution in [0.5, 0.6) is 5.75 Å². The molecule has 0 radical (unpaired) electrons. The number of rotatable bonds is 6. The van der Waals surface area contributed by atoms with E-state index in [1.807, 2.05) is 0 Å². The number of aliphatic carboxylic acids is 1. The number of halogens is 1. The van der Waals surface area contributed by atoms with Gasteiger partial charge in [-0.1, -0.05) is 25.4 Å². The first-order valence-corrected chi connectivity index (χ1v) is 6.97. The predicted octanol–water partition coefficient (Wildman–Crippen LogP) is 1.39. The fourth-order valence-electron chi connectivity index (χ4n) is 1.66. The van der Waals surface area contributed by atoms with Crippen LogP contribution in [0.15, 0.2) is 24.3 Å². The summed E-state index contributed by atoms with van der Waals surface area (Å²) in [6, 6.07) is 5.49. The van der Waals surface area contributed by atoms with Crippen molar-refractivity contribution in [1.29, 1.82) is 0 Å². The van der Waals surface area contributed by atoms with E-state index in [0.29, 0.717) is 10.8 Å². The predicted molar refractivity (Wildman–Crippen MR) is 77.9 cm³/mol. The molecule has 0 aliphatic heterocycles. The highest BCUT2D eigenvalue weighted by atomic mass is 35.5. The van der Waals surface area contributed by atoms with Crippen molar-refractivity contribution in [3.8, 4) is 5.75 Å². The summed E-state index contributed by atoms with van der Waals surface area (Å²) in [5.41, 5.74) is -1.23. The number of amides is 1. The molecule has 5 nitrogen and oxygen atoms in total. The maximum Gasteiger partial charge on any atom is 0.264 e. The summed E-state index contributed by atoms with van der Waals surface area (Å²) in [6.45, 7) is 6.49. The van der Waals surface area contributed by atoms with Crippen molar-refractivity contribution < 1.29 is 19.4 Å². The molecule has 1 rings (SSSR count). The van der Waals surface area contributed by atoms with Crippen LogP contribution in [0.4, 0.5) is 0 Å². The molecule has 0 aromatic heterocycles. The molecule has 116 valence electrons. The first kappa shape index (κ1) is 17.3. The molecule has 1 atom stereocenters. The zero-order valence-corrected chi connectivity index (χ0v) is 13.2. The lowest BCUT2D eigenvalue weighted by Crippen LogP contribution is -2.56. The minimum atomic E-state index is -1.32. The van der Waals surface area contributed by atoms with Crippen molar-refractivity contribution in [2.45, 2.75) is 39.3 Å². The van der Waals surface area contributed by atoms with E-state index in [1.54, 1.807) is 52.0 Å². The average Bonchev–Trinajstić information content (AvgIpc) is 2.37. The maximum atomic E-state index is 12.2. The van der Waals surface area contributed by atoms with E-state index < -0.39 is 23.5 Å². The summed E-state index contributed by atoms with van der Waals surface area (Å²) in [5.74, 6) is -1.67. The van der Waals surface area contributed by atoms with Crippen molar-refractivity contribution >= 4 is 23.5 Å². The third-order valence-electron chi connectivity index (χ3n) is 2.94. The van der Waals surface area contributed by atoms with Crippen molar-refractivity contribution in [2.24, 2.45) is 5.92 Å². The summed E-state index contributed by atoms with van der Waals surface area (Å²) < 4.78 is 5.59. The molecular formula is C15H19ClNO4-. The number of carboxylic acids is 1. The summed E-state index contributed by atoms with van der Waals surface area (Å²) >= 11 is 5.78. The molecule has 6 heteroatoms. The van der Waals surface area contributed by atoms with Crippen LogP contribution in [-0.4, -0.2) is 23.5 Å². The Balaban J connectivity index is 2.79. The second-order valence-corrected chi connectivity index (χ2v) is 6.02. The Morgan fingerprint density at radius 1 is 1.24 bits per heavy atom. The molecule has 1 aromatic rings. The third kappa shape index (κ3) is 4.93. The largest absolute Gasteiger partial charge is 0.548 e. The summed E-state index contributed by atoms with van der Waals surface area (Å²) in [4.78, 5) is 23.2. The summed E-state index contributed by atoms with van der Waals surface area (Å²) in [6.07, 6.45) is 0. The lowest BCUT2D eigenvalue weighted by atomic mass is 10.0. The highest BCUT2D eigenvalue weighted by Gasteiger charge is 2.32. The van der Waals surface area contributed by atoms with Crippen LogP contribution in [0.25, 0.3) is 0 Å². The molecule has 0 saturated heterocycles. The summed E-state index contributed by atoms with van der Waals surface area (Å²) in [5, 5.41) is 14.0. The smallest absolute Gasteiger partial charge is 0.264 e. The van der Waals surface area contributed by atoms with Gasteiger partial charge in [-0.3, -0.25) is 4.79 Å². The van der Waals surface area contributed by atoms with Crippen molar-refractivity contribution in [2.75, 3.05) is 0 Å². The Morgan fingerprint density at radius 2 is 1.76 bits per heavy atom. The number of carboxylic acid groups (broad SMARTS) is 1. The first-order valence-electron chi connectivity index (χ1n) is 6.60. The van der Waals surface area contributed by atoms with Crippen molar-refractivity contribution in [1.82, 2.24) is 5.32 Å².